The fourth-order valence-electron chi connectivity index (χ4n) is 2.34. The van der Waals surface area contributed by atoms with Crippen LogP contribution in [0.1, 0.15) is 11.1 Å². The molecule has 0 fully saturated rings. The van der Waals surface area contributed by atoms with Crippen LogP contribution in [0.4, 0.5) is 0 Å². The second kappa shape index (κ2) is 6.62. The molecule has 0 bridgehead atoms. The van der Waals surface area contributed by atoms with Crippen LogP contribution in [0.25, 0.3) is 11.0 Å². The highest BCUT2D eigenvalue weighted by atomic mass is 35.5. The number of rotatable bonds is 5. The first-order chi connectivity index (χ1) is 10.7. The van der Waals surface area contributed by atoms with Crippen LogP contribution < -0.4 is 5.32 Å². The summed E-state index contributed by atoms with van der Waals surface area (Å²) in [6, 6.07) is 13.5. The van der Waals surface area contributed by atoms with Gasteiger partial charge in [0, 0.05) is 11.6 Å². The van der Waals surface area contributed by atoms with Crippen LogP contribution in [0, 0.1) is 0 Å². The van der Waals surface area contributed by atoms with E-state index in [9.17, 15) is 4.79 Å². The van der Waals surface area contributed by atoms with Crippen molar-refractivity contribution in [3.63, 3.8) is 0 Å². The van der Waals surface area contributed by atoms with Crippen LogP contribution in [0.5, 0.6) is 0 Å². The molecule has 2 aromatic carbocycles. The van der Waals surface area contributed by atoms with Crippen LogP contribution in [0.15, 0.2) is 48.8 Å². The van der Waals surface area contributed by atoms with Gasteiger partial charge in [-0.05, 0) is 41.8 Å². The number of halogens is 1. The monoisotopic (exact) mass is 313 g/mol. The molecule has 2 N–H and O–H groups in total. The fourth-order valence-corrected chi connectivity index (χ4v) is 2.46. The van der Waals surface area contributed by atoms with E-state index in [1.54, 1.807) is 6.33 Å². The van der Waals surface area contributed by atoms with E-state index in [1.807, 2.05) is 42.5 Å². The molecule has 0 unspecified atom stereocenters. The zero-order chi connectivity index (χ0) is 15.4. The van der Waals surface area contributed by atoms with Crippen LogP contribution in [0.3, 0.4) is 0 Å². The van der Waals surface area contributed by atoms with Gasteiger partial charge < -0.3 is 10.3 Å². The molecular weight excluding hydrogens is 298 g/mol. The van der Waals surface area contributed by atoms with Gasteiger partial charge in [0.15, 0.2) is 0 Å². The third-order valence-electron chi connectivity index (χ3n) is 3.50. The predicted molar refractivity (Wildman–Crippen MR) is 88.0 cm³/mol. The Bertz CT molecular complexity index is 780. The smallest absolute Gasteiger partial charge is 0.224 e. The Labute approximate surface area is 133 Å². The summed E-state index contributed by atoms with van der Waals surface area (Å²) in [6.07, 6.45) is 2.82. The van der Waals surface area contributed by atoms with Gasteiger partial charge in [-0.3, -0.25) is 4.79 Å². The number of imidazole rings is 1. The number of carbonyl (C=O) groups is 1. The number of nitrogens with zero attached hydrogens (tertiary/aromatic N) is 1. The second-order valence-corrected chi connectivity index (χ2v) is 5.59. The highest BCUT2D eigenvalue weighted by molar-refractivity contribution is 6.30. The second-order valence-electron chi connectivity index (χ2n) is 5.16. The molecule has 1 heterocycles. The Morgan fingerprint density at radius 2 is 1.91 bits per heavy atom. The molecular formula is C17H16ClN3O. The predicted octanol–water partition coefficient (Wildman–Crippen LogP) is 3.12. The lowest BCUT2D eigenvalue weighted by atomic mass is 10.1. The van der Waals surface area contributed by atoms with Gasteiger partial charge in [0.1, 0.15) is 0 Å². The number of carbonyl (C=O) groups excluding carboxylic acids is 1. The van der Waals surface area contributed by atoms with Gasteiger partial charge in [0.2, 0.25) is 5.91 Å². The highest BCUT2D eigenvalue weighted by Gasteiger charge is 2.05. The lowest BCUT2D eigenvalue weighted by Crippen LogP contribution is -2.27. The molecule has 5 heteroatoms. The molecule has 22 heavy (non-hydrogen) atoms. The summed E-state index contributed by atoms with van der Waals surface area (Å²) < 4.78 is 0. The topological polar surface area (TPSA) is 57.8 Å². The number of aromatic nitrogens is 2. The van der Waals surface area contributed by atoms with E-state index >= 15 is 0 Å². The lowest BCUT2D eigenvalue weighted by molar-refractivity contribution is -0.120. The SMILES string of the molecule is O=C(Cc1ccc2nc[nH]c2c1)NCCc1ccc(Cl)cc1. The van der Waals surface area contributed by atoms with E-state index < -0.39 is 0 Å². The first-order valence-electron chi connectivity index (χ1n) is 7.14. The Morgan fingerprint density at radius 1 is 1.14 bits per heavy atom. The largest absolute Gasteiger partial charge is 0.355 e. The number of nitrogens with one attached hydrogen (secondary N) is 2. The first-order valence-corrected chi connectivity index (χ1v) is 7.52. The molecule has 0 spiro atoms. The minimum Gasteiger partial charge on any atom is -0.355 e. The van der Waals surface area contributed by atoms with Crippen LogP contribution in [-0.2, 0) is 17.6 Å². The maximum absolute atomic E-state index is 12.0. The lowest BCUT2D eigenvalue weighted by Gasteiger charge is -2.06. The van der Waals surface area contributed by atoms with Gasteiger partial charge in [0.05, 0.1) is 23.8 Å². The summed E-state index contributed by atoms with van der Waals surface area (Å²) in [5.41, 5.74) is 3.99. The normalized spacial score (nSPS) is 10.8. The number of hydrogen-bond donors (Lipinski definition) is 2. The van der Waals surface area contributed by atoms with Crippen molar-refractivity contribution in [2.45, 2.75) is 12.8 Å². The minimum absolute atomic E-state index is 0.0211. The van der Waals surface area contributed by atoms with Crippen molar-refractivity contribution in [3.8, 4) is 0 Å². The molecule has 0 saturated carbocycles. The molecule has 1 amide bonds. The summed E-state index contributed by atoms with van der Waals surface area (Å²) in [5, 5.41) is 3.66. The Hall–Kier alpha value is -2.33. The van der Waals surface area contributed by atoms with E-state index in [2.05, 4.69) is 15.3 Å². The Kier molecular flexibility index (Phi) is 4.39. The number of benzene rings is 2. The van der Waals surface area contributed by atoms with E-state index in [1.165, 1.54) is 0 Å². The molecule has 4 nitrogen and oxygen atoms in total. The van der Waals surface area contributed by atoms with Crippen molar-refractivity contribution >= 4 is 28.5 Å². The Balaban J connectivity index is 1.50. The standard InChI is InChI=1S/C17H16ClN3O/c18-14-4-1-12(2-5-14)7-8-19-17(22)10-13-3-6-15-16(9-13)21-11-20-15/h1-6,9,11H,7-8,10H2,(H,19,22)(H,20,21). The van der Waals surface area contributed by atoms with Gasteiger partial charge in [-0.25, -0.2) is 4.98 Å². The van der Waals surface area contributed by atoms with Gasteiger partial charge in [-0.2, -0.15) is 0 Å². The summed E-state index contributed by atoms with van der Waals surface area (Å²) in [7, 11) is 0. The molecule has 0 aliphatic carbocycles. The van der Waals surface area contributed by atoms with Gasteiger partial charge >= 0.3 is 0 Å². The average Bonchev–Trinajstić information content (AvgIpc) is 2.97. The van der Waals surface area contributed by atoms with Gasteiger partial charge in [0.25, 0.3) is 0 Å². The molecule has 1 aromatic heterocycles. The van der Waals surface area contributed by atoms with Gasteiger partial charge in [-0.15, -0.1) is 0 Å². The number of amides is 1. The number of H-pyrrole nitrogens is 1. The number of fused-ring (bicyclic) bond motifs is 1. The minimum atomic E-state index is 0.0211. The van der Waals surface area contributed by atoms with E-state index in [0.29, 0.717) is 13.0 Å². The van der Waals surface area contributed by atoms with Crippen molar-refractivity contribution in [1.82, 2.24) is 15.3 Å². The third kappa shape index (κ3) is 3.65. The number of hydrogen-bond acceptors (Lipinski definition) is 2. The van der Waals surface area contributed by atoms with Crippen LogP contribution in [0.2, 0.25) is 5.02 Å². The molecule has 3 rings (SSSR count). The van der Waals surface area contributed by atoms with Crippen molar-refractivity contribution in [2.75, 3.05) is 6.54 Å². The van der Waals surface area contributed by atoms with Crippen LogP contribution in [-0.4, -0.2) is 22.4 Å². The highest BCUT2D eigenvalue weighted by Crippen LogP contribution is 2.12. The summed E-state index contributed by atoms with van der Waals surface area (Å²) >= 11 is 5.84. The first kappa shape index (κ1) is 14.6. The van der Waals surface area contributed by atoms with Crippen molar-refractivity contribution in [2.24, 2.45) is 0 Å². The maximum Gasteiger partial charge on any atom is 0.224 e. The fraction of sp³-hybridized carbons (Fsp3) is 0.176. The average molecular weight is 314 g/mol. The molecule has 0 radical (unpaired) electrons. The van der Waals surface area contributed by atoms with E-state index in [0.717, 1.165) is 33.6 Å². The molecule has 0 saturated heterocycles. The summed E-state index contributed by atoms with van der Waals surface area (Å²) in [6.45, 7) is 0.618. The summed E-state index contributed by atoms with van der Waals surface area (Å²) in [5.74, 6) is 0.0211. The number of aromatic amines is 1. The molecule has 112 valence electrons. The molecule has 0 aliphatic rings. The van der Waals surface area contributed by atoms with E-state index in [-0.39, 0.29) is 5.91 Å². The zero-order valence-electron chi connectivity index (χ0n) is 12.0. The van der Waals surface area contributed by atoms with Crippen molar-refractivity contribution in [1.29, 1.82) is 0 Å². The van der Waals surface area contributed by atoms with Crippen LogP contribution >= 0.6 is 11.6 Å². The van der Waals surface area contributed by atoms with E-state index in [4.69, 9.17) is 11.6 Å². The zero-order valence-corrected chi connectivity index (χ0v) is 12.7. The maximum atomic E-state index is 12.0. The molecule has 0 atom stereocenters. The van der Waals surface area contributed by atoms with Gasteiger partial charge in [-0.1, -0.05) is 29.8 Å². The molecule has 3 aromatic rings. The quantitative estimate of drug-likeness (QED) is 0.760. The Morgan fingerprint density at radius 3 is 2.73 bits per heavy atom. The molecule has 0 aliphatic heterocycles. The summed E-state index contributed by atoms with van der Waals surface area (Å²) in [4.78, 5) is 19.2. The van der Waals surface area contributed by atoms with Crippen molar-refractivity contribution in [3.05, 3.63) is 64.9 Å². The van der Waals surface area contributed by atoms with Crippen molar-refractivity contribution < 1.29 is 4.79 Å². The third-order valence-corrected chi connectivity index (χ3v) is 3.75.